The first kappa shape index (κ1) is 21.5. The number of aromatic nitrogens is 2. The van der Waals surface area contributed by atoms with Gasteiger partial charge in [0.05, 0.1) is 4.92 Å². The third-order valence-corrected chi connectivity index (χ3v) is 5.35. The van der Waals surface area contributed by atoms with Gasteiger partial charge in [0.2, 0.25) is 6.33 Å². The van der Waals surface area contributed by atoms with Gasteiger partial charge in [0.25, 0.3) is 5.69 Å². The van der Waals surface area contributed by atoms with Crippen molar-refractivity contribution < 1.29 is 30.9 Å². The van der Waals surface area contributed by atoms with Crippen molar-refractivity contribution in [2.75, 3.05) is 0 Å². The zero-order chi connectivity index (χ0) is 21.2. The molecule has 0 aliphatic heterocycles. The second-order valence-electron chi connectivity index (χ2n) is 7.46. The fourth-order valence-corrected chi connectivity index (χ4v) is 3.85. The molecule has 0 saturated carbocycles. The quantitative estimate of drug-likeness (QED) is 0.208. The number of hydrogen-bond acceptors (Lipinski definition) is 3. The van der Waals surface area contributed by atoms with Gasteiger partial charge in [0, 0.05) is 23.1 Å². The number of nitro benzene ring substituents is 1. The topological polar surface area (TPSA) is 65.1 Å². The Balaban J connectivity index is 0.00000245. The fourth-order valence-electron chi connectivity index (χ4n) is 3.85. The van der Waals surface area contributed by atoms with Crippen LogP contribution in [-0.2, 0) is 6.54 Å². The Hall–Kier alpha value is -3.71. The second kappa shape index (κ2) is 9.20. The average molecular weight is 490 g/mol. The van der Waals surface area contributed by atoms with E-state index in [0.717, 1.165) is 27.9 Å². The smallest absolute Gasteiger partial charge is 0.269 e. The third-order valence-electron chi connectivity index (χ3n) is 5.35. The highest BCUT2D eigenvalue weighted by Crippen LogP contribution is 2.31. The van der Waals surface area contributed by atoms with Crippen molar-refractivity contribution >= 4 is 16.7 Å². The molecule has 0 saturated heterocycles. The first-order chi connectivity index (χ1) is 15.2. The van der Waals surface area contributed by atoms with Gasteiger partial charge in [-0.1, -0.05) is 48.5 Å². The summed E-state index contributed by atoms with van der Waals surface area (Å²) in [5, 5.41) is 11.9. The Morgan fingerprint density at radius 3 is 2.41 bits per heavy atom. The summed E-state index contributed by atoms with van der Waals surface area (Å²) in [6.45, 7) is 0.618. The second-order valence-corrected chi connectivity index (χ2v) is 7.46. The van der Waals surface area contributed by atoms with Crippen molar-refractivity contribution in [3.63, 3.8) is 0 Å². The molecule has 5 rings (SSSR count). The standard InChI is InChI=1S/C25H20N3O3.BrH/c29-28(30)22-12-10-19(11-13-22)17-26-14-15-27(18-26)25(20-6-2-1-3-7-20)24-16-21-8-4-5-9-23(21)31-24;/h1-16,18,25H,17H2;1H/q+1;/p-1. The molecule has 0 radical (unpaired) electrons. The van der Waals surface area contributed by atoms with Gasteiger partial charge in [-0.2, -0.15) is 0 Å². The average Bonchev–Trinajstić information content (AvgIpc) is 3.42. The van der Waals surface area contributed by atoms with Crippen molar-refractivity contribution in [1.82, 2.24) is 4.57 Å². The molecule has 0 aliphatic rings. The Morgan fingerprint density at radius 1 is 0.969 bits per heavy atom. The molecule has 0 amide bonds. The highest BCUT2D eigenvalue weighted by molar-refractivity contribution is 5.78. The lowest BCUT2D eigenvalue weighted by molar-refractivity contribution is -0.687. The van der Waals surface area contributed by atoms with E-state index >= 15 is 0 Å². The van der Waals surface area contributed by atoms with Gasteiger partial charge in [-0.15, -0.1) is 0 Å². The van der Waals surface area contributed by atoms with E-state index in [-0.39, 0.29) is 33.6 Å². The highest BCUT2D eigenvalue weighted by Gasteiger charge is 2.25. The van der Waals surface area contributed by atoms with Crippen LogP contribution in [0.4, 0.5) is 5.69 Å². The number of non-ortho nitro benzene ring substituents is 1. The number of halogens is 1. The van der Waals surface area contributed by atoms with Crippen molar-refractivity contribution in [3.8, 4) is 0 Å². The summed E-state index contributed by atoms with van der Waals surface area (Å²) in [4.78, 5) is 10.5. The van der Waals surface area contributed by atoms with Gasteiger partial charge in [-0.25, -0.2) is 9.13 Å². The molecule has 2 heterocycles. The molecule has 2 aromatic heterocycles. The maximum absolute atomic E-state index is 10.9. The third kappa shape index (κ3) is 4.33. The molecule has 6 nitrogen and oxygen atoms in total. The van der Waals surface area contributed by atoms with Crippen LogP contribution in [0.3, 0.4) is 0 Å². The minimum absolute atomic E-state index is 0. The predicted molar refractivity (Wildman–Crippen MR) is 117 cm³/mol. The van der Waals surface area contributed by atoms with Gasteiger partial charge in [-0.3, -0.25) is 10.1 Å². The molecule has 0 aliphatic carbocycles. The molecule has 0 spiro atoms. The van der Waals surface area contributed by atoms with Crippen LogP contribution in [0.2, 0.25) is 0 Å². The summed E-state index contributed by atoms with van der Waals surface area (Å²) in [5.41, 5.74) is 3.08. The van der Waals surface area contributed by atoms with Crippen LogP contribution >= 0.6 is 0 Å². The number of fused-ring (bicyclic) bond motifs is 1. The lowest BCUT2D eigenvalue weighted by Gasteiger charge is -2.11. The summed E-state index contributed by atoms with van der Waals surface area (Å²) in [6, 6.07) is 26.9. The molecule has 1 unspecified atom stereocenters. The van der Waals surface area contributed by atoms with Gasteiger partial charge >= 0.3 is 0 Å². The lowest BCUT2D eigenvalue weighted by atomic mass is 10.0. The molecule has 3 aromatic carbocycles. The number of nitrogens with zero attached hydrogens (tertiary/aromatic N) is 3. The summed E-state index contributed by atoms with van der Waals surface area (Å²) in [6.07, 6.45) is 6.06. The number of nitro groups is 1. The first-order valence-corrected chi connectivity index (χ1v) is 10.0. The van der Waals surface area contributed by atoms with Crippen molar-refractivity contribution in [2.45, 2.75) is 12.6 Å². The molecule has 7 heteroatoms. The van der Waals surface area contributed by atoms with E-state index in [2.05, 4.69) is 33.4 Å². The molecule has 5 aromatic rings. The lowest BCUT2D eigenvalue weighted by Crippen LogP contribution is -3.00. The van der Waals surface area contributed by atoms with Crippen LogP contribution < -0.4 is 21.5 Å². The highest BCUT2D eigenvalue weighted by atomic mass is 79.9. The number of benzene rings is 3. The fraction of sp³-hybridized carbons (Fsp3) is 0.0800. The summed E-state index contributed by atoms with van der Waals surface area (Å²) >= 11 is 0. The van der Waals surface area contributed by atoms with E-state index in [1.165, 1.54) is 12.1 Å². The summed E-state index contributed by atoms with van der Waals surface area (Å²) in [7, 11) is 0. The monoisotopic (exact) mass is 489 g/mol. The van der Waals surface area contributed by atoms with Crippen molar-refractivity contribution in [3.05, 3.63) is 131 Å². The van der Waals surface area contributed by atoms with Gasteiger partial charge in [0.15, 0.2) is 11.8 Å². The van der Waals surface area contributed by atoms with Gasteiger partial charge in [-0.05, 0) is 29.8 Å². The normalized spacial score (nSPS) is 11.8. The van der Waals surface area contributed by atoms with Crippen molar-refractivity contribution in [1.29, 1.82) is 0 Å². The SMILES string of the molecule is O=[N+]([O-])c1ccc(C[n+]2ccn(C(c3ccccc3)c3cc4ccccc4o3)c2)cc1.[Br-]. The van der Waals surface area contributed by atoms with E-state index in [4.69, 9.17) is 4.42 Å². The molecular formula is C25H20BrN3O3. The van der Waals surface area contributed by atoms with Gasteiger partial charge < -0.3 is 21.4 Å². The van der Waals surface area contributed by atoms with Crippen LogP contribution in [0.25, 0.3) is 11.0 Å². The molecule has 0 N–H and O–H groups in total. The molecular weight excluding hydrogens is 470 g/mol. The Kier molecular flexibility index (Phi) is 6.18. The molecule has 160 valence electrons. The first-order valence-electron chi connectivity index (χ1n) is 10.0. The summed E-state index contributed by atoms with van der Waals surface area (Å²) in [5.74, 6) is 0.866. The van der Waals surface area contributed by atoms with E-state index in [9.17, 15) is 10.1 Å². The van der Waals surface area contributed by atoms with E-state index < -0.39 is 0 Å². The molecule has 0 fully saturated rings. The zero-order valence-electron chi connectivity index (χ0n) is 17.0. The van der Waals surface area contributed by atoms with E-state index in [1.807, 2.05) is 55.1 Å². The van der Waals surface area contributed by atoms with Gasteiger partial charge in [0.1, 0.15) is 24.5 Å². The zero-order valence-corrected chi connectivity index (χ0v) is 18.6. The number of rotatable bonds is 6. The van der Waals surface area contributed by atoms with Crippen LogP contribution in [0.1, 0.15) is 22.9 Å². The largest absolute Gasteiger partial charge is 1.00 e. The number of para-hydroxylation sites is 1. The van der Waals surface area contributed by atoms with Crippen LogP contribution in [-0.4, -0.2) is 9.49 Å². The van der Waals surface area contributed by atoms with Crippen LogP contribution in [0.5, 0.6) is 0 Å². The Morgan fingerprint density at radius 2 is 1.69 bits per heavy atom. The summed E-state index contributed by atoms with van der Waals surface area (Å²) < 4.78 is 10.4. The molecule has 0 bridgehead atoms. The number of imidazole rings is 1. The Bertz CT molecular complexity index is 1310. The Labute approximate surface area is 195 Å². The predicted octanol–water partition coefficient (Wildman–Crippen LogP) is 2.12. The maximum Gasteiger partial charge on any atom is 0.269 e. The van der Waals surface area contributed by atoms with E-state index in [0.29, 0.717) is 6.54 Å². The van der Waals surface area contributed by atoms with Crippen LogP contribution in [0, 0.1) is 10.1 Å². The minimum atomic E-state index is -0.384. The number of furan rings is 1. The number of hydrogen-bond donors (Lipinski definition) is 0. The molecule has 1 atom stereocenters. The molecule has 32 heavy (non-hydrogen) atoms. The van der Waals surface area contributed by atoms with Crippen molar-refractivity contribution in [2.24, 2.45) is 0 Å². The minimum Gasteiger partial charge on any atom is -1.00 e. The van der Waals surface area contributed by atoms with Crippen LogP contribution in [0.15, 0.2) is 108 Å². The van der Waals surface area contributed by atoms with E-state index in [1.54, 1.807) is 12.1 Å². The maximum atomic E-state index is 10.9.